The summed E-state index contributed by atoms with van der Waals surface area (Å²) in [6, 6.07) is 13.5. The van der Waals surface area contributed by atoms with E-state index in [1.165, 1.54) is 0 Å². The van der Waals surface area contributed by atoms with E-state index >= 15 is 0 Å². The SMILES string of the molecule is O=c1[nH]c(=O)n(-c2ccccc2Cl)n1-c1ccccc1Cl.[KH]. The van der Waals surface area contributed by atoms with Gasteiger partial charge in [0.2, 0.25) is 0 Å². The van der Waals surface area contributed by atoms with Crippen molar-refractivity contribution in [1.82, 2.24) is 14.3 Å². The van der Waals surface area contributed by atoms with Crippen LogP contribution < -0.4 is 11.4 Å². The molecule has 0 radical (unpaired) electrons. The first kappa shape index (κ1) is 17.7. The van der Waals surface area contributed by atoms with Crippen molar-refractivity contribution in [2.24, 2.45) is 0 Å². The minimum absolute atomic E-state index is 0. The van der Waals surface area contributed by atoms with Gasteiger partial charge >= 0.3 is 62.8 Å². The molecular formula is C14H10Cl2KN3O2. The molecule has 0 atom stereocenters. The molecule has 3 rings (SSSR count). The molecule has 0 unspecified atom stereocenters. The Morgan fingerprint density at radius 2 is 1.09 bits per heavy atom. The van der Waals surface area contributed by atoms with Crippen molar-refractivity contribution in [3.05, 3.63) is 79.5 Å². The number of rotatable bonds is 2. The third kappa shape index (κ3) is 3.19. The number of nitrogens with zero attached hydrogens (tertiary/aromatic N) is 2. The summed E-state index contributed by atoms with van der Waals surface area (Å²) >= 11 is 12.2. The van der Waals surface area contributed by atoms with Crippen LogP contribution in [0.15, 0.2) is 58.1 Å². The maximum atomic E-state index is 12.1. The summed E-state index contributed by atoms with van der Waals surface area (Å²) < 4.78 is 2.32. The summed E-state index contributed by atoms with van der Waals surface area (Å²) in [6.45, 7) is 0. The Hall–Kier alpha value is -0.604. The fourth-order valence-corrected chi connectivity index (χ4v) is 2.49. The van der Waals surface area contributed by atoms with E-state index in [9.17, 15) is 9.59 Å². The molecule has 0 saturated carbocycles. The van der Waals surface area contributed by atoms with Gasteiger partial charge in [0.15, 0.2) is 0 Å². The zero-order valence-corrected chi connectivity index (χ0v) is 12.1. The van der Waals surface area contributed by atoms with Crippen LogP contribution in [0.2, 0.25) is 10.0 Å². The Balaban J connectivity index is 0.00000176. The standard InChI is InChI=1S/C14H9Cl2N3O2.K.H/c15-9-5-1-3-7-11(9)18-13(20)17-14(21)19(18)12-8-4-2-6-10(12)16;;/h1-8H,(H,17,20,21);;. The number of aromatic nitrogens is 3. The van der Waals surface area contributed by atoms with Crippen LogP contribution in [0.4, 0.5) is 0 Å². The topological polar surface area (TPSA) is 59.8 Å². The van der Waals surface area contributed by atoms with Gasteiger partial charge in [0.05, 0.1) is 21.4 Å². The molecule has 0 aliphatic rings. The molecule has 5 nitrogen and oxygen atoms in total. The average molecular weight is 362 g/mol. The van der Waals surface area contributed by atoms with Crippen molar-refractivity contribution in [3.63, 3.8) is 0 Å². The van der Waals surface area contributed by atoms with Gasteiger partial charge < -0.3 is 0 Å². The first-order valence-electron chi connectivity index (χ1n) is 6.04. The van der Waals surface area contributed by atoms with E-state index in [1.54, 1.807) is 48.5 Å². The van der Waals surface area contributed by atoms with E-state index in [2.05, 4.69) is 4.98 Å². The Morgan fingerprint density at radius 1 is 0.727 bits per heavy atom. The first-order valence-corrected chi connectivity index (χ1v) is 6.79. The number of aromatic amines is 1. The summed E-state index contributed by atoms with van der Waals surface area (Å²) in [5, 5.41) is 0.693. The van der Waals surface area contributed by atoms with Crippen LogP contribution in [0.25, 0.3) is 11.4 Å². The van der Waals surface area contributed by atoms with Crippen molar-refractivity contribution < 1.29 is 0 Å². The molecule has 0 aliphatic heterocycles. The quantitative estimate of drug-likeness (QED) is 0.709. The number of hydrogen-bond acceptors (Lipinski definition) is 2. The number of halogens is 2. The van der Waals surface area contributed by atoms with Crippen LogP contribution in [0.5, 0.6) is 0 Å². The van der Waals surface area contributed by atoms with Gasteiger partial charge in [-0.05, 0) is 24.3 Å². The van der Waals surface area contributed by atoms with E-state index in [1.807, 2.05) is 0 Å². The zero-order chi connectivity index (χ0) is 15.0. The minimum atomic E-state index is -0.590. The Labute approximate surface area is 177 Å². The monoisotopic (exact) mass is 361 g/mol. The predicted octanol–water partition coefficient (Wildman–Crippen LogP) is 1.97. The Morgan fingerprint density at radius 3 is 1.45 bits per heavy atom. The molecule has 0 saturated heterocycles. The van der Waals surface area contributed by atoms with Crippen molar-refractivity contribution in [2.75, 3.05) is 0 Å². The van der Waals surface area contributed by atoms with Crippen LogP contribution in [-0.4, -0.2) is 65.7 Å². The number of H-pyrrole nitrogens is 1. The normalized spacial score (nSPS) is 10.3. The Kier molecular flexibility index (Phi) is 5.90. The van der Waals surface area contributed by atoms with E-state index in [-0.39, 0.29) is 51.4 Å². The molecule has 108 valence electrons. The third-order valence-corrected chi connectivity index (χ3v) is 3.60. The molecule has 8 heteroatoms. The van der Waals surface area contributed by atoms with Gasteiger partial charge in [-0.2, -0.15) is 9.36 Å². The van der Waals surface area contributed by atoms with Crippen molar-refractivity contribution in [2.45, 2.75) is 0 Å². The molecule has 3 aromatic rings. The molecule has 1 heterocycles. The summed E-state index contributed by atoms with van der Waals surface area (Å²) in [4.78, 5) is 26.4. The van der Waals surface area contributed by atoms with Gasteiger partial charge in [-0.25, -0.2) is 9.59 Å². The molecule has 2 aromatic carbocycles. The van der Waals surface area contributed by atoms with E-state index in [4.69, 9.17) is 23.2 Å². The van der Waals surface area contributed by atoms with Crippen LogP contribution in [0, 0.1) is 0 Å². The van der Waals surface area contributed by atoms with Crippen molar-refractivity contribution >= 4 is 74.6 Å². The van der Waals surface area contributed by atoms with Gasteiger partial charge in [0.1, 0.15) is 0 Å². The van der Waals surface area contributed by atoms with Crippen LogP contribution in [-0.2, 0) is 0 Å². The summed E-state index contributed by atoms with van der Waals surface area (Å²) in [5.74, 6) is 0. The molecule has 0 bridgehead atoms. The summed E-state index contributed by atoms with van der Waals surface area (Å²) in [7, 11) is 0. The van der Waals surface area contributed by atoms with Crippen LogP contribution in [0.1, 0.15) is 0 Å². The van der Waals surface area contributed by atoms with E-state index < -0.39 is 11.4 Å². The second-order valence-electron chi connectivity index (χ2n) is 4.26. The molecule has 0 fully saturated rings. The molecule has 0 aliphatic carbocycles. The second kappa shape index (κ2) is 7.31. The number of nitrogens with one attached hydrogen (secondary N) is 1. The van der Waals surface area contributed by atoms with Gasteiger partial charge in [-0.15, -0.1) is 0 Å². The predicted molar refractivity (Wildman–Crippen MR) is 89.2 cm³/mol. The molecule has 1 N–H and O–H groups in total. The summed E-state index contributed by atoms with van der Waals surface area (Å²) in [5.41, 5.74) is -0.397. The van der Waals surface area contributed by atoms with Gasteiger partial charge in [0, 0.05) is 0 Å². The summed E-state index contributed by atoms with van der Waals surface area (Å²) in [6.07, 6.45) is 0. The molecule has 22 heavy (non-hydrogen) atoms. The van der Waals surface area contributed by atoms with Gasteiger partial charge in [-0.1, -0.05) is 47.5 Å². The van der Waals surface area contributed by atoms with Gasteiger partial charge in [-0.3, -0.25) is 4.98 Å². The van der Waals surface area contributed by atoms with Crippen molar-refractivity contribution in [1.29, 1.82) is 0 Å². The first-order chi connectivity index (χ1) is 10.1. The molecule has 0 amide bonds. The Bertz CT molecular complexity index is 856. The van der Waals surface area contributed by atoms with Crippen molar-refractivity contribution in [3.8, 4) is 11.4 Å². The fraction of sp³-hybridized carbons (Fsp3) is 0. The fourth-order valence-electron chi connectivity index (χ4n) is 2.06. The van der Waals surface area contributed by atoms with E-state index in [0.717, 1.165) is 9.36 Å². The molecule has 1 aromatic heterocycles. The average Bonchev–Trinajstić information content (AvgIpc) is 2.75. The second-order valence-corrected chi connectivity index (χ2v) is 5.08. The maximum absolute atomic E-state index is 12.1. The zero-order valence-electron chi connectivity index (χ0n) is 10.6. The molecule has 0 spiro atoms. The number of para-hydroxylation sites is 2. The molecular weight excluding hydrogens is 352 g/mol. The third-order valence-electron chi connectivity index (χ3n) is 2.96. The number of benzene rings is 2. The van der Waals surface area contributed by atoms with Crippen LogP contribution >= 0.6 is 23.2 Å². The van der Waals surface area contributed by atoms with Crippen LogP contribution in [0.3, 0.4) is 0 Å². The number of hydrogen-bond donors (Lipinski definition) is 1. The van der Waals surface area contributed by atoms with E-state index in [0.29, 0.717) is 21.4 Å². The van der Waals surface area contributed by atoms with Gasteiger partial charge in [0.25, 0.3) is 0 Å².